The number of anilines is 1. The Morgan fingerprint density at radius 3 is 2.58 bits per heavy atom. The van der Waals surface area contributed by atoms with Crippen LogP contribution in [-0.2, 0) is 9.53 Å². The number of ether oxygens (including phenoxy) is 1. The minimum Gasteiger partial charge on any atom is -0.444 e. The molecule has 26 heavy (non-hydrogen) atoms. The molecule has 0 saturated carbocycles. The second-order valence-corrected chi connectivity index (χ2v) is 8.57. The number of aliphatic hydroxyl groups excluding tert-OH is 1. The van der Waals surface area contributed by atoms with Crippen molar-refractivity contribution in [3.63, 3.8) is 0 Å². The van der Waals surface area contributed by atoms with Gasteiger partial charge in [-0.2, -0.15) is 0 Å². The van der Waals surface area contributed by atoms with E-state index in [-0.39, 0.29) is 18.4 Å². The Balaban J connectivity index is 2.76. The van der Waals surface area contributed by atoms with Gasteiger partial charge in [0.25, 0.3) is 0 Å². The van der Waals surface area contributed by atoms with Crippen molar-refractivity contribution in [1.82, 2.24) is 9.88 Å². The van der Waals surface area contributed by atoms with E-state index >= 15 is 0 Å². The van der Waals surface area contributed by atoms with Crippen LogP contribution in [0, 0.1) is 5.92 Å². The highest BCUT2D eigenvalue weighted by atomic mass is 32.1. The second kappa shape index (κ2) is 9.87. The van der Waals surface area contributed by atoms with Gasteiger partial charge >= 0.3 is 6.09 Å². The molecule has 1 heterocycles. The molecule has 1 rings (SSSR count). The van der Waals surface area contributed by atoms with Crippen LogP contribution in [-0.4, -0.2) is 45.7 Å². The molecular formula is C18H31N3O4S. The van der Waals surface area contributed by atoms with Gasteiger partial charge in [-0.3, -0.25) is 4.79 Å². The highest BCUT2D eigenvalue weighted by Crippen LogP contribution is 2.26. The monoisotopic (exact) mass is 385 g/mol. The summed E-state index contributed by atoms with van der Waals surface area (Å²) in [5, 5.41) is 13.7. The summed E-state index contributed by atoms with van der Waals surface area (Å²) in [4.78, 5) is 30.4. The third kappa shape index (κ3) is 7.70. The molecule has 1 aromatic heterocycles. The largest absolute Gasteiger partial charge is 0.444 e. The zero-order valence-corrected chi connectivity index (χ0v) is 17.4. The van der Waals surface area contributed by atoms with Gasteiger partial charge < -0.3 is 20.1 Å². The lowest BCUT2D eigenvalue weighted by Crippen LogP contribution is -2.39. The van der Waals surface area contributed by atoms with Crippen LogP contribution in [0.4, 0.5) is 9.93 Å². The van der Waals surface area contributed by atoms with Gasteiger partial charge in [-0.25, -0.2) is 9.78 Å². The number of nitrogens with zero attached hydrogens (tertiary/aromatic N) is 2. The molecule has 0 aliphatic rings. The Kier molecular flexibility index (Phi) is 8.49. The lowest BCUT2D eigenvalue weighted by atomic mass is 10.2. The Labute approximate surface area is 159 Å². The summed E-state index contributed by atoms with van der Waals surface area (Å²) in [5.74, 6) is -0.275. The van der Waals surface area contributed by atoms with E-state index in [0.717, 1.165) is 12.8 Å². The molecule has 0 aliphatic carbocycles. The van der Waals surface area contributed by atoms with Crippen molar-refractivity contribution in [2.75, 3.05) is 18.4 Å². The van der Waals surface area contributed by atoms with Gasteiger partial charge in [0.05, 0.1) is 11.4 Å². The van der Waals surface area contributed by atoms with Gasteiger partial charge in [-0.05, 0) is 27.2 Å². The molecule has 148 valence electrons. The summed E-state index contributed by atoms with van der Waals surface area (Å²) in [5.41, 5.74) is -0.592. The average Bonchev–Trinajstić information content (AvgIpc) is 2.97. The van der Waals surface area contributed by atoms with Crippen LogP contribution >= 0.6 is 11.3 Å². The van der Waals surface area contributed by atoms with Crippen LogP contribution in [0.1, 0.15) is 65.4 Å². The molecular weight excluding hydrogens is 354 g/mol. The number of rotatable bonds is 8. The summed E-state index contributed by atoms with van der Waals surface area (Å²) in [6.07, 6.45) is 1.95. The van der Waals surface area contributed by atoms with Gasteiger partial charge in [-0.1, -0.05) is 38.5 Å². The predicted octanol–water partition coefficient (Wildman–Crippen LogP) is 3.81. The van der Waals surface area contributed by atoms with Gasteiger partial charge in [0.1, 0.15) is 11.7 Å². The van der Waals surface area contributed by atoms with Crippen LogP contribution in [0.2, 0.25) is 0 Å². The standard InChI is InChI=1S/C18H31N3O4S/c1-7-8-9-21(17(24)25-18(4,5)6)11-13(22)14-10-19-16(26-14)20-15(23)12(2)3/h10,12-13,22H,7-9,11H2,1-6H3,(H,19,20,23)/t13-/m0/s1. The highest BCUT2D eigenvalue weighted by Gasteiger charge is 2.25. The smallest absolute Gasteiger partial charge is 0.410 e. The van der Waals surface area contributed by atoms with E-state index in [1.165, 1.54) is 22.4 Å². The lowest BCUT2D eigenvalue weighted by Gasteiger charge is -2.28. The van der Waals surface area contributed by atoms with Gasteiger partial charge in [-0.15, -0.1) is 0 Å². The van der Waals surface area contributed by atoms with E-state index in [2.05, 4.69) is 10.3 Å². The number of unbranched alkanes of at least 4 members (excludes halogenated alkanes) is 1. The number of hydrogen-bond donors (Lipinski definition) is 2. The molecule has 0 fully saturated rings. The first-order chi connectivity index (χ1) is 12.0. The number of hydrogen-bond acceptors (Lipinski definition) is 6. The van der Waals surface area contributed by atoms with E-state index in [4.69, 9.17) is 4.74 Å². The lowest BCUT2D eigenvalue weighted by molar-refractivity contribution is -0.118. The minimum absolute atomic E-state index is 0.120. The van der Waals surface area contributed by atoms with Crippen molar-refractivity contribution in [3.05, 3.63) is 11.1 Å². The van der Waals surface area contributed by atoms with Gasteiger partial charge in [0.2, 0.25) is 5.91 Å². The zero-order valence-electron chi connectivity index (χ0n) is 16.5. The predicted molar refractivity (Wildman–Crippen MR) is 103 cm³/mol. The zero-order chi connectivity index (χ0) is 19.9. The fraction of sp³-hybridized carbons (Fsp3) is 0.722. The Hall–Kier alpha value is -1.67. The van der Waals surface area contributed by atoms with Gasteiger partial charge in [0, 0.05) is 18.7 Å². The van der Waals surface area contributed by atoms with Crippen molar-refractivity contribution in [1.29, 1.82) is 0 Å². The minimum atomic E-state index is -0.887. The number of aliphatic hydroxyl groups is 1. The number of nitrogens with one attached hydrogen (secondary N) is 1. The number of aromatic nitrogens is 1. The van der Waals surface area contributed by atoms with Crippen molar-refractivity contribution in [2.24, 2.45) is 5.92 Å². The molecule has 1 aromatic rings. The van der Waals surface area contributed by atoms with E-state index in [1.54, 1.807) is 13.8 Å². The number of carbonyl (C=O) groups is 2. The van der Waals surface area contributed by atoms with E-state index in [0.29, 0.717) is 16.6 Å². The Bertz CT molecular complexity index is 596. The fourth-order valence-corrected chi connectivity index (χ4v) is 2.78. The SMILES string of the molecule is CCCCN(C[C@H](O)c1cnc(NC(=O)C(C)C)s1)C(=O)OC(C)(C)C. The summed E-state index contributed by atoms with van der Waals surface area (Å²) < 4.78 is 5.42. The van der Waals surface area contributed by atoms with Crippen molar-refractivity contribution >= 4 is 28.5 Å². The van der Waals surface area contributed by atoms with Crippen molar-refractivity contribution < 1.29 is 19.4 Å². The van der Waals surface area contributed by atoms with Crippen LogP contribution in [0.15, 0.2) is 6.20 Å². The fourth-order valence-electron chi connectivity index (χ4n) is 1.98. The summed E-state index contributed by atoms with van der Waals surface area (Å²) in [6, 6.07) is 0. The summed E-state index contributed by atoms with van der Waals surface area (Å²) in [7, 11) is 0. The van der Waals surface area contributed by atoms with Crippen LogP contribution in [0.3, 0.4) is 0 Å². The molecule has 7 nitrogen and oxygen atoms in total. The van der Waals surface area contributed by atoms with Crippen molar-refractivity contribution in [3.8, 4) is 0 Å². The first kappa shape index (κ1) is 22.4. The quantitative estimate of drug-likeness (QED) is 0.710. The maximum atomic E-state index is 12.4. The molecule has 0 aliphatic heterocycles. The molecule has 0 radical (unpaired) electrons. The van der Waals surface area contributed by atoms with E-state index < -0.39 is 17.8 Å². The summed E-state index contributed by atoms with van der Waals surface area (Å²) >= 11 is 1.21. The van der Waals surface area contributed by atoms with E-state index in [1.807, 2.05) is 27.7 Å². The Morgan fingerprint density at radius 1 is 1.38 bits per heavy atom. The molecule has 0 unspecified atom stereocenters. The topological polar surface area (TPSA) is 91.8 Å². The number of amides is 2. The first-order valence-electron chi connectivity index (χ1n) is 8.96. The normalized spacial score (nSPS) is 12.8. The molecule has 2 N–H and O–H groups in total. The molecule has 0 bridgehead atoms. The molecule has 2 amide bonds. The average molecular weight is 386 g/mol. The number of thiazole rings is 1. The summed E-state index contributed by atoms with van der Waals surface area (Å²) in [6.45, 7) is 11.7. The second-order valence-electron chi connectivity index (χ2n) is 7.51. The maximum absolute atomic E-state index is 12.4. The van der Waals surface area contributed by atoms with Crippen LogP contribution in [0.25, 0.3) is 0 Å². The molecule has 1 atom stereocenters. The third-order valence-electron chi connectivity index (χ3n) is 3.43. The maximum Gasteiger partial charge on any atom is 0.410 e. The van der Waals surface area contributed by atoms with Gasteiger partial charge in [0.15, 0.2) is 5.13 Å². The molecule has 0 aromatic carbocycles. The molecule has 8 heteroatoms. The number of carbonyl (C=O) groups excluding carboxylic acids is 2. The van der Waals surface area contributed by atoms with Crippen LogP contribution < -0.4 is 5.32 Å². The van der Waals surface area contributed by atoms with Crippen LogP contribution in [0.5, 0.6) is 0 Å². The molecule has 0 saturated heterocycles. The Morgan fingerprint density at radius 2 is 2.04 bits per heavy atom. The highest BCUT2D eigenvalue weighted by molar-refractivity contribution is 7.15. The van der Waals surface area contributed by atoms with E-state index in [9.17, 15) is 14.7 Å². The third-order valence-corrected chi connectivity index (χ3v) is 4.45. The van der Waals surface area contributed by atoms with Crippen molar-refractivity contribution in [2.45, 2.75) is 66.1 Å². The molecule has 0 spiro atoms. The first-order valence-corrected chi connectivity index (χ1v) is 9.77.